The van der Waals surface area contributed by atoms with E-state index in [9.17, 15) is 4.79 Å². The standard InChI is InChI=1S/C31H37NO2/c1-23(19-27(33)20-31(2,3)4)24-15-17-28(18-16-24)34-29-21-32(22-29)30(25-11-7-5-8-12-25)26-13-9-6-10-14-26/h5-18,23,29-30H,19-22H2,1-4H3/t23-/m1/s1. The summed E-state index contributed by atoms with van der Waals surface area (Å²) in [6.45, 7) is 10.3. The van der Waals surface area contributed by atoms with Crippen molar-refractivity contribution >= 4 is 5.78 Å². The molecule has 4 rings (SSSR count). The van der Waals surface area contributed by atoms with E-state index in [4.69, 9.17) is 4.74 Å². The highest BCUT2D eigenvalue weighted by Crippen LogP contribution is 2.34. The van der Waals surface area contributed by atoms with Crippen LogP contribution in [0.5, 0.6) is 5.75 Å². The average molecular weight is 456 g/mol. The fourth-order valence-corrected chi connectivity index (χ4v) is 4.83. The largest absolute Gasteiger partial charge is 0.488 e. The molecule has 3 heteroatoms. The van der Waals surface area contributed by atoms with Crippen molar-refractivity contribution in [1.29, 1.82) is 0 Å². The molecule has 178 valence electrons. The number of benzene rings is 3. The number of Topliss-reactive ketones (excluding diaryl/α,β-unsaturated/α-hetero) is 1. The number of ether oxygens (including phenoxy) is 1. The SMILES string of the molecule is C[C@H](CC(=O)CC(C)(C)C)c1ccc(OC2CN(C(c3ccccc3)c3ccccc3)C2)cc1. The monoisotopic (exact) mass is 455 g/mol. The predicted molar refractivity (Wildman–Crippen MR) is 139 cm³/mol. The number of carbonyl (C=O) groups is 1. The lowest BCUT2D eigenvalue weighted by atomic mass is 9.86. The minimum Gasteiger partial charge on any atom is -0.488 e. The number of carbonyl (C=O) groups excluding carboxylic acids is 1. The van der Waals surface area contributed by atoms with Crippen molar-refractivity contribution in [3.05, 3.63) is 102 Å². The fourth-order valence-electron chi connectivity index (χ4n) is 4.83. The molecule has 3 aromatic rings. The van der Waals surface area contributed by atoms with Crippen LogP contribution >= 0.6 is 0 Å². The maximum atomic E-state index is 12.4. The normalized spacial score (nSPS) is 15.7. The maximum absolute atomic E-state index is 12.4. The molecule has 1 fully saturated rings. The first-order valence-corrected chi connectivity index (χ1v) is 12.4. The maximum Gasteiger partial charge on any atom is 0.134 e. The third-order valence-corrected chi connectivity index (χ3v) is 6.49. The van der Waals surface area contributed by atoms with Crippen molar-refractivity contribution in [2.75, 3.05) is 13.1 Å². The summed E-state index contributed by atoms with van der Waals surface area (Å²) in [5.74, 6) is 1.46. The van der Waals surface area contributed by atoms with Crippen LogP contribution in [0.3, 0.4) is 0 Å². The molecule has 0 amide bonds. The first-order chi connectivity index (χ1) is 16.3. The topological polar surface area (TPSA) is 29.5 Å². The van der Waals surface area contributed by atoms with E-state index in [1.165, 1.54) is 16.7 Å². The van der Waals surface area contributed by atoms with Gasteiger partial charge in [0.2, 0.25) is 0 Å². The lowest BCUT2D eigenvalue weighted by Gasteiger charge is -2.44. The Kier molecular flexibility index (Phi) is 7.53. The van der Waals surface area contributed by atoms with Gasteiger partial charge in [0, 0.05) is 25.9 Å². The molecule has 0 N–H and O–H groups in total. The van der Waals surface area contributed by atoms with E-state index >= 15 is 0 Å². The molecule has 0 spiro atoms. The van der Waals surface area contributed by atoms with Gasteiger partial charge in [0.25, 0.3) is 0 Å². The second kappa shape index (κ2) is 10.6. The van der Waals surface area contributed by atoms with Crippen molar-refractivity contribution in [3.8, 4) is 5.75 Å². The minimum atomic E-state index is 0.0468. The van der Waals surface area contributed by atoms with E-state index in [0.717, 1.165) is 18.8 Å². The van der Waals surface area contributed by atoms with Crippen molar-refractivity contribution in [2.24, 2.45) is 5.41 Å². The Morgan fingerprint density at radius 2 is 1.38 bits per heavy atom. The van der Waals surface area contributed by atoms with Gasteiger partial charge < -0.3 is 4.74 Å². The Labute approximate surface area is 204 Å². The van der Waals surface area contributed by atoms with Gasteiger partial charge in [-0.05, 0) is 40.2 Å². The molecule has 1 saturated heterocycles. The van der Waals surface area contributed by atoms with Gasteiger partial charge in [-0.3, -0.25) is 9.69 Å². The van der Waals surface area contributed by atoms with Gasteiger partial charge in [0.1, 0.15) is 17.6 Å². The molecule has 0 aromatic heterocycles. The molecule has 3 nitrogen and oxygen atoms in total. The summed E-state index contributed by atoms with van der Waals surface area (Å²) in [7, 11) is 0. The third kappa shape index (κ3) is 6.36. The Morgan fingerprint density at radius 1 is 0.853 bits per heavy atom. The van der Waals surface area contributed by atoms with Crippen LogP contribution in [0.4, 0.5) is 0 Å². The number of rotatable bonds is 9. The molecule has 1 aliphatic rings. The zero-order chi connectivity index (χ0) is 24.1. The highest BCUT2D eigenvalue weighted by atomic mass is 16.5. The second-order valence-corrected chi connectivity index (χ2v) is 10.9. The summed E-state index contributed by atoms with van der Waals surface area (Å²) in [5.41, 5.74) is 3.86. The average Bonchev–Trinajstić information content (AvgIpc) is 2.78. The van der Waals surface area contributed by atoms with E-state index in [2.05, 4.69) is 118 Å². The molecule has 0 bridgehead atoms. The van der Waals surface area contributed by atoms with Gasteiger partial charge in [-0.25, -0.2) is 0 Å². The summed E-state index contributed by atoms with van der Waals surface area (Å²) in [4.78, 5) is 14.8. The smallest absolute Gasteiger partial charge is 0.134 e. The third-order valence-electron chi connectivity index (χ3n) is 6.49. The summed E-state index contributed by atoms with van der Waals surface area (Å²) in [5, 5.41) is 0. The fraction of sp³-hybridized carbons (Fsp3) is 0.387. The van der Waals surface area contributed by atoms with Gasteiger partial charge in [-0.2, -0.15) is 0 Å². The lowest BCUT2D eigenvalue weighted by molar-refractivity contribution is -0.121. The minimum absolute atomic E-state index is 0.0468. The highest BCUT2D eigenvalue weighted by Gasteiger charge is 2.35. The van der Waals surface area contributed by atoms with Crippen molar-refractivity contribution in [1.82, 2.24) is 4.90 Å². The Bertz CT molecular complexity index is 1010. The summed E-state index contributed by atoms with van der Waals surface area (Å²) in [6.07, 6.45) is 1.41. The zero-order valence-electron chi connectivity index (χ0n) is 20.9. The molecule has 3 aromatic carbocycles. The van der Waals surface area contributed by atoms with E-state index in [1.807, 2.05) is 0 Å². The molecule has 1 atom stereocenters. The molecular formula is C31H37NO2. The van der Waals surface area contributed by atoms with Crippen molar-refractivity contribution in [3.63, 3.8) is 0 Å². The molecule has 34 heavy (non-hydrogen) atoms. The predicted octanol–water partition coefficient (Wildman–Crippen LogP) is 7.04. The lowest BCUT2D eigenvalue weighted by Crippen LogP contribution is -2.55. The van der Waals surface area contributed by atoms with Gasteiger partial charge in [-0.15, -0.1) is 0 Å². The second-order valence-electron chi connectivity index (χ2n) is 10.9. The van der Waals surface area contributed by atoms with Crippen LogP contribution in [0.1, 0.15) is 69.2 Å². The van der Waals surface area contributed by atoms with Crippen LogP contribution in [-0.2, 0) is 4.79 Å². The molecule has 0 aliphatic carbocycles. The first kappa shape index (κ1) is 24.2. The molecule has 0 radical (unpaired) electrons. The Balaban J connectivity index is 1.33. The van der Waals surface area contributed by atoms with Gasteiger partial charge in [0.15, 0.2) is 0 Å². The van der Waals surface area contributed by atoms with Crippen LogP contribution in [0.15, 0.2) is 84.9 Å². The van der Waals surface area contributed by atoms with Crippen LogP contribution < -0.4 is 4.74 Å². The molecule has 0 saturated carbocycles. The van der Waals surface area contributed by atoms with Crippen molar-refractivity contribution < 1.29 is 9.53 Å². The van der Waals surface area contributed by atoms with Crippen LogP contribution in [0.25, 0.3) is 0 Å². The van der Waals surface area contributed by atoms with Crippen LogP contribution in [-0.4, -0.2) is 29.9 Å². The van der Waals surface area contributed by atoms with E-state index in [1.54, 1.807) is 0 Å². The first-order valence-electron chi connectivity index (χ1n) is 12.4. The summed E-state index contributed by atoms with van der Waals surface area (Å²) in [6, 6.07) is 30.0. The van der Waals surface area contributed by atoms with Gasteiger partial charge >= 0.3 is 0 Å². The van der Waals surface area contributed by atoms with E-state index in [0.29, 0.717) is 18.6 Å². The van der Waals surface area contributed by atoms with E-state index < -0.39 is 0 Å². The zero-order valence-corrected chi connectivity index (χ0v) is 20.9. The molecule has 1 aliphatic heterocycles. The van der Waals surface area contributed by atoms with E-state index in [-0.39, 0.29) is 23.5 Å². The number of hydrogen-bond donors (Lipinski definition) is 0. The molecular weight excluding hydrogens is 418 g/mol. The van der Waals surface area contributed by atoms with Crippen LogP contribution in [0.2, 0.25) is 0 Å². The molecule has 0 unspecified atom stereocenters. The Hall–Kier alpha value is -2.91. The summed E-state index contributed by atoms with van der Waals surface area (Å²) < 4.78 is 6.28. The van der Waals surface area contributed by atoms with Crippen molar-refractivity contribution in [2.45, 2.75) is 58.6 Å². The Morgan fingerprint density at radius 3 is 1.88 bits per heavy atom. The molecule has 1 heterocycles. The quantitative estimate of drug-likeness (QED) is 0.347. The number of likely N-dealkylation sites (tertiary alicyclic amines) is 1. The van der Waals surface area contributed by atoms with Crippen LogP contribution in [0, 0.1) is 5.41 Å². The number of ketones is 1. The number of nitrogens with zero attached hydrogens (tertiary/aromatic N) is 1. The highest BCUT2D eigenvalue weighted by molar-refractivity contribution is 5.79. The summed E-state index contributed by atoms with van der Waals surface area (Å²) >= 11 is 0. The number of hydrogen-bond acceptors (Lipinski definition) is 3. The van der Waals surface area contributed by atoms with Gasteiger partial charge in [-0.1, -0.05) is 100 Å². The van der Waals surface area contributed by atoms with Gasteiger partial charge in [0.05, 0.1) is 6.04 Å².